The zero-order valence-electron chi connectivity index (χ0n) is 8.84. The first-order chi connectivity index (χ1) is 6.08. The van der Waals surface area contributed by atoms with Crippen LogP contribution in [0.1, 0.15) is 40.0 Å². The number of carbonyl (C=O) groups excluding carboxylic acids is 1. The number of isocyanates is 1. The number of nitrogens with zero attached hydrogens (tertiary/aromatic N) is 1. The normalized spacial score (nSPS) is 32.2. The summed E-state index contributed by atoms with van der Waals surface area (Å²) in [7, 11) is 0. The topological polar surface area (TPSA) is 29.4 Å². The molecule has 13 heavy (non-hydrogen) atoms. The van der Waals surface area contributed by atoms with Crippen LogP contribution in [0.4, 0.5) is 0 Å². The Balaban J connectivity index is 2.68. The average molecular weight is 181 g/mol. The van der Waals surface area contributed by atoms with Gasteiger partial charge in [0.15, 0.2) is 0 Å². The van der Waals surface area contributed by atoms with E-state index in [0.717, 1.165) is 0 Å². The van der Waals surface area contributed by atoms with Crippen molar-refractivity contribution >= 4 is 6.08 Å². The van der Waals surface area contributed by atoms with Crippen molar-refractivity contribution in [2.75, 3.05) is 6.54 Å². The lowest BCUT2D eigenvalue weighted by atomic mass is 9.64. The molecule has 0 bridgehead atoms. The van der Waals surface area contributed by atoms with Crippen molar-refractivity contribution in [3.8, 4) is 0 Å². The highest BCUT2D eigenvalue weighted by Crippen LogP contribution is 2.43. The zero-order valence-corrected chi connectivity index (χ0v) is 8.84. The molecule has 0 aromatic rings. The van der Waals surface area contributed by atoms with Crippen LogP contribution < -0.4 is 0 Å². The van der Waals surface area contributed by atoms with Gasteiger partial charge in [0.25, 0.3) is 0 Å². The molecule has 0 aliphatic heterocycles. The highest BCUT2D eigenvalue weighted by Gasteiger charge is 2.36. The molecule has 1 aliphatic rings. The molecule has 0 amide bonds. The van der Waals surface area contributed by atoms with Gasteiger partial charge in [0.1, 0.15) is 0 Å². The van der Waals surface area contributed by atoms with E-state index in [0.29, 0.717) is 23.8 Å². The van der Waals surface area contributed by atoms with Crippen LogP contribution in [0.25, 0.3) is 0 Å². The van der Waals surface area contributed by atoms with Crippen molar-refractivity contribution in [1.82, 2.24) is 0 Å². The fourth-order valence-corrected chi connectivity index (χ4v) is 2.60. The van der Waals surface area contributed by atoms with Gasteiger partial charge >= 0.3 is 0 Å². The van der Waals surface area contributed by atoms with Gasteiger partial charge in [-0.2, -0.15) is 0 Å². The molecule has 2 atom stereocenters. The van der Waals surface area contributed by atoms with Crippen LogP contribution in [-0.2, 0) is 4.79 Å². The van der Waals surface area contributed by atoms with Gasteiger partial charge in [-0.15, -0.1) is 0 Å². The molecule has 0 heterocycles. The minimum atomic E-state index is 0.345. The van der Waals surface area contributed by atoms with E-state index < -0.39 is 0 Å². The molecule has 1 rings (SSSR count). The molecule has 1 saturated carbocycles. The van der Waals surface area contributed by atoms with Crippen LogP contribution in [0.3, 0.4) is 0 Å². The van der Waals surface area contributed by atoms with Gasteiger partial charge < -0.3 is 0 Å². The molecule has 1 aliphatic carbocycles. The fraction of sp³-hybridized carbons (Fsp3) is 0.909. The van der Waals surface area contributed by atoms with Gasteiger partial charge in [0.2, 0.25) is 6.08 Å². The summed E-state index contributed by atoms with van der Waals surface area (Å²) in [6.07, 6.45) is 5.50. The van der Waals surface area contributed by atoms with Crippen molar-refractivity contribution in [2.45, 2.75) is 40.0 Å². The van der Waals surface area contributed by atoms with Crippen molar-refractivity contribution in [1.29, 1.82) is 0 Å². The second-order valence-electron chi connectivity index (χ2n) is 4.90. The molecule has 74 valence electrons. The first kappa shape index (κ1) is 10.5. The number of aliphatic imine (C=N–C) groups is 1. The molecule has 2 unspecified atom stereocenters. The first-order valence-corrected chi connectivity index (χ1v) is 5.11. The number of hydrogen-bond acceptors (Lipinski definition) is 2. The number of rotatable bonds is 2. The molecule has 0 saturated heterocycles. The van der Waals surface area contributed by atoms with Crippen molar-refractivity contribution in [2.24, 2.45) is 22.2 Å². The Hall–Kier alpha value is -0.620. The summed E-state index contributed by atoms with van der Waals surface area (Å²) in [6.45, 7) is 7.50. The van der Waals surface area contributed by atoms with E-state index in [1.54, 1.807) is 6.08 Å². The van der Waals surface area contributed by atoms with E-state index in [9.17, 15) is 4.79 Å². The molecule has 2 nitrogen and oxygen atoms in total. The second kappa shape index (κ2) is 4.06. The van der Waals surface area contributed by atoms with Crippen LogP contribution >= 0.6 is 0 Å². The second-order valence-corrected chi connectivity index (χ2v) is 4.90. The van der Waals surface area contributed by atoms with Gasteiger partial charge in [-0.05, 0) is 23.7 Å². The van der Waals surface area contributed by atoms with Gasteiger partial charge in [0.05, 0.1) is 6.54 Å². The van der Waals surface area contributed by atoms with Crippen molar-refractivity contribution in [3.05, 3.63) is 0 Å². The third kappa shape index (κ3) is 2.41. The first-order valence-electron chi connectivity index (χ1n) is 5.11. The molecule has 2 heteroatoms. The lowest BCUT2D eigenvalue weighted by Crippen LogP contribution is -2.35. The summed E-state index contributed by atoms with van der Waals surface area (Å²) in [4.78, 5) is 13.8. The summed E-state index contributed by atoms with van der Waals surface area (Å²) in [6, 6.07) is 0. The summed E-state index contributed by atoms with van der Waals surface area (Å²) < 4.78 is 0. The van der Waals surface area contributed by atoms with Crippen molar-refractivity contribution < 1.29 is 4.79 Å². The largest absolute Gasteiger partial charge is 0.234 e. The SMILES string of the molecule is CC1CCCC(C)(C)C1CN=C=O. The third-order valence-electron chi connectivity index (χ3n) is 3.52. The highest BCUT2D eigenvalue weighted by atomic mass is 16.1. The van der Waals surface area contributed by atoms with Crippen LogP contribution in [-0.4, -0.2) is 12.6 Å². The maximum atomic E-state index is 10.1. The predicted molar refractivity (Wildman–Crippen MR) is 53.3 cm³/mol. The third-order valence-corrected chi connectivity index (χ3v) is 3.52. The minimum Gasteiger partial charge on any atom is -0.211 e. The standard InChI is InChI=1S/C11H19NO/c1-9-5-4-6-11(2,3)10(9)7-12-8-13/h9-10H,4-7H2,1-3H3. The Labute approximate surface area is 80.4 Å². The van der Waals surface area contributed by atoms with Gasteiger partial charge in [-0.1, -0.05) is 33.6 Å². The smallest absolute Gasteiger partial charge is 0.211 e. The molecular weight excluding hydrogens is 162 g/mol. The Kier molecular flexibility index (Phi) is 3.27. The van der Waals surface area contributed by atoms with Gasteiger partial charge in [-0.3, -0.25) is 0 Å². The van der Waals surface area contributed by atoms with Crippen molar-refractivity contribution in [3.63, 3.8) is 0 Å². The summed E-state index contributed by atoms with van der Waals surface area (Å²) in [5.74, 6) is 1.25. The van der Waals surface area contributed by atoms with E-state index in [-0.39, 0.29) is 0 Å². The van der Waals surface area contributed by atoms with Gasteiger partial charge in [0, 0.05) is 0 Å². The Morgan fingerprint density at radius 2 is 2.23 bits per heavy atom. The Bertz CT molecular complexity index is 216. The predicted octanol–water partition coefficient (Wildman–Crippen LogP) is 2.78. The van der Waals surface area contributed by atoms with E-state index >= 15 is 0 Å². The van der Waals surface area contributed by atoms with E-state index in [1.165, 1.54) is 19.3 Å². The summed E-state index contributed by atoms with van der Waals surface area (Å²) in [5, 5.41) is 0. The van der Waals surface area contributed by atoms with E-state index in [4.69, 9.17) is 0 Å². The van der Waals surface area contributed by atoms with Gasteiger partial charge in [-0.25, -0.2) is 9.79 Å². The monoisotopic (exact) mass is 181 g/mol. The molecule has 0 N–H and O–H groups in total. The van der Waals surface area contributed by atoms with Crippen LogP contribution in [0.2, 0.25) is 0 Å². The minimum absolute atomic E-state index is 0.345. The maximum Gasteiger partial charge on any atom is 0.234 e. The molecule has 0 aromatic carbocycles. The summed E-state index contributed by atoms with van der Waals surface area (Å²) >= 11 is 0. The average Bonchev–Trinajstić information content (AvgIpc) is 2.02. The lowest BCUT2D eigenvalue weighted by Gasteiger charge is -2.41. The molecule has 0 aromatic heterocycles. The van der Waals surface area contributed by atoms with E-state index in [2.05, 4.69) is 25.8 Å². The van der Waals surface area contributed by atoms with Crippen LogP contribution in [0.5, 0.6) is 0 Å². The molecule has 0 radical (unpaired) electrons. The van der Waals surface area contributed by atoms with E-state index in [1.807, 2.05) is 0 Å². The molecule has 0 spiro atoms. The maximum absolute atomic E-state index is 10.1. The highest BCUT2D eigenvalue weighted by molar-refractivity contribution is 5.32. The lowest BCUT2D eigenvalue weighted by molar-refractivity contribution is 0.0913. The quantitative estimate of drug-likeness (QED) is 0.476. The molecular formula is C11H19NO. The zero-order chi connectivity index (χ0) is 9.90. The molecule has 1 fully saturated rings. The number of hydrogen-bond donors (Lipinski definition) is 0. The summed E-state index contributed by atoms with van der Waals surface area (Å²) in [5.41, 5.74) is 0.345. The Morgan fingerprint density at radius 3 is 2.77 bits per heavy atom. The van der Waals surface area contributed by atoms with Crippen LogP contribution in [0.15, 0.2) is 4.99 Å². The Morgan fingerprint density at radius 1 is 1.54 bits per heavy atom. The van der Waals surface area contributed by atoms with Crippen LogP contribution in [0, 0.1) is 17.3 Å². The fourth-order valence-electron chi connectivity index (χ4n) is 2.60.